The molecule has 4 rings (SSSR count). The highest BCUT2D eigenvalue weighted by atomic mass is 35.5. The van der Waals surface area contributed by atoms with E-state index < -0.39 is 48.8 Å². The lowest BCUT2D eigenvalue weighted by Crippen LogP contribution is -2.14. The van der Waals surface area contributed by atoms with E-state index in [1.807, 2.05) is 4.72 Å². The van der Waals surface area contributed by atoms with Crippen molar-refractivity contribution in [1.82, 2.24) is 0 Å². The molecular formula is C25H12Cl4F4N2O6S. The molecule has 0 unspecified atom stereocenters. The number of anilines is 1. The first-order valence-corrected chi connectivity index (χ1v) is 14.0. The van der Waals surface area contributed by atoms with Gasteiger partial charge in [-0.2, -0.15) is 13.2 Å². The summed E-state index contributed by atoms with van der Waals surface area (Å²) in [5.41, 5.74) is -1.89. The van der Waals surface area contributed by atoms with Crippen molar-refractivity contribution in [2.45, 2.75) is 11.1 Å². The van der Waals surface area contributed by atoms with Crippen molar-refractivity contribution in [2.24, 2.45) is 0 Å². The van der Waals surface area contributed by atoms with Gasteiger partial charge < -0.3 is 9.47 Å². The normalized spacial score (nSPS) is 11.7. The summed E-state index contributed by atoms with van der Waals surface area (Å²) >= 11 is 24.3. The molecule has 0 aromatic heterocycles. The molecule has 0 atom stereocenters. The van der Waals surface area contributed by atoms with E-state index in [2.05, 4.69) is 0 Å². The molecule has 0 bridgehead atoms. The quantitative estimate of drug-likeness (QED) is 0.112. The molecule has 0 heterocycles. The molecule has 0 spiro atoms. The maximum atomic E-state index is 14.8. The minimum absolute atomic E-state index is 0.0596. The molecule has 17 heteroatoms. The van der Waals surface area contributed by atoms with Crippen LogP contribution in [-0.4, -0.2) is 13.3 Å². The third kappa shape index (κ3) is 7.10. The van der Waals surface area contributed by atoms with Gasteiger partial charge in [-0.25, -0.2) is 12.8 Å². The van der Waals surface area contributed by atoms with Gasteiger partial charge in [0.05, 0.1) is 41.2 Å². The summed E-state index contributed by atoms with van der Waals surface area (Å²) in [6.45, 7) is 0. The lowest BCUT2D eigenvalue weighted by atomic mass is 10.2. The van der Waals surface area contributed by atoms with Gasteiger partial charge >= 0.3 is 6.18 Å². The molecule has 0 aliphatic carbocycles. The van der Waals surface area contributed by atoms with E-state index in [0.717, 1.165) is 54.6 Å². The molecule has 0 radical (unpaired) electrons. The molecular weight excluding hydrogens is 674 g/mol. The maximum absolute atomic E-state index is 14.8. The highest BCUT2D eigenvalue weighted by molar-refractivity contribution is 7.92. The molecule has 8 nitrogen and oxygen atoms in total. The number of hydrogen-bond acceptors (Lipinski definition) is 6. The second-order valence-corrected chi connectivity index (χ2v) is 11.5. The van der Waals surface area contributed by atoms with Crippen LogP contribution in [0.4, 0.5) is 28.9 Å². The number of nitro groups is 1. The SMILES string of the molecule is O=[N+]([O-])c1ccc(Oc2c(Cl)cc(S(=O)(=O)Nc3ccc(Oc4cc(C(F)(F)F)ccc4Cl)cc3F)cc2Cl)c(Cl)c1. The Morgan fingerprint density at radius 1 is 0.786 bits per heavy atom. The molecule has 0 saturated carbocycles. The summed E-state index contributed by atoms with van der Waals surface area (Å²) in [5, 5.41) is 9.99. The minimum Gasteiger partial charge on any atom is -0.456 e. The van der Waals surface area contributed by atoms with Crippen molar-refractivity contribution in [2.75, 3.05) is 4.72 Å². The molecule has 4 aromatic rings. The standard InChI is InChI=1S/C25H12Cl4F4N2O6S/c26-16-4-1-12(25(31,32)33)7-23(16)40-14-3-5-21(20(30)9-14)34-42(38,39)15-10-18(28)24(19(29)11-15)41-22-6-2-13(35(36)37)8-17(22)27/h1-11,34H. The zero-order valence-electron chi connectivity index (χ0n) is 20.2. The Labute approximate surface area is 254 Å². The number of rotatable bonds is 8. The van der Waals surface area contributed by atoms with Gasteiger partial charge in [0.2, 0.25) is 0 Å². The summed E-state index contributed by atoms with van der Waals surface area (Å²) < 4.78 is 92.5. The van der Waals surface area contributed by atoms with Crippen molar-refractivity contribution in [1.29, 1.82) is 0 Å². The van der Waals surface area contributed by atoms with Crippen LogP contribution in [0.15, 0.2) is 71.6 Å². The fourth-order valence-electron chi connectivity index (χ4n) is 3.32. The largest absolute Gasteiger partial charge is 0.456 e. The van der Waals surface area contributed by atoms with E-state index in [4.69, 9.17) is 55.9 Å². The smallest absolute Gasteiger partial charge is 0.416 e. The topological polar surface area (TPSA) is 108 Å². The molecule has 0 saturated heterocycles. The first-order valence-electron chi connectivity index (χ1n) is 11.0. The summed E-state index contributed by atoms with van der Waals surface area (Å²) in [7, 11) is -4.50. The number of nitrogens with one attached hydrogen (secondary N) is 1. The fourth-order valence-corrected chi connectivity index (χ4v) is 5.50. The van der Waals surface area contributed by atoms with Gasteiger partial charge in [0, 0.05) is 18.2 Å². The van der Waals surface area contributed by atoms with Gasteiger partial charge in [0.25, 0.3) is 15.7 Å². The van der Waals surface area contributed by atoms with Crippen LogP contribution in [0.2, 0.25) is 20.1 Å². The van der Waals surface area contributed by atoms with Crippen LogP contribution < -0.4 is 14.2 Å². The number of sulfonamides is 1. The van der Waals surface area contributed by atoms with Crippen LogP contribution >= 0.6 is 46.4 Å². The molecule has 0 amide bonds. The van der Waals surface area contributed by atoms with Crippen LogP contribution in [0.1, 0.15) is 5.56 Å². The van der Waals surface area contributed by atoms with Crippen molar-refractivity contribution in [3.63, 3.8) is 0 Å². The second kappa shape index (κ2) is 12.0. The summed E-state index contributed by atoms with van der Waals surface area (Å²) in [4.78, 5) is 9.73. The van der Waals surface area contributed by atoms with Crippen molar-refractivity contribution < 1.29 is 40.4 Å². The van der Waals surface area contributed by atoms with Gasteiger partial charge in [-0.15, -0.1) is 0 Å². The second-order valence-electron chi connectivity index (χ2n) is 8.18. The monoisotopic (exact) mass is 684 g/mol. The van der Waals surface area contributed by atoms with Crippen molar-refractivity contribution >= 4 is 67.8 Å². The first kappa shape index (κ1) is 31.4. The highest BCUT2D eigenvalue weighted by Crippen LogP contribution is 2.42. The van der Waals surface area contributed by atoms with E-state index in [1.165, 1.54) is 6.07 Å². The number of hydrogen-bond donors (Lipinski definition) is 1. The van der Waals surface area contributed by atoms with Crippen molar-refractivity contribution in [3.8, 4) is 23.0 Å². The Kier molecular flexibility index (Phi) is 9.00. The van der Waals surface area contributed by atoms with E-state index in [0.29, 0.717) is 6.07 Å². The summed E-state index contributed by atoms with van der Waals surface area (Å²) in [6, 6.07) is 10.4. The zero-order valence-corrected chi connectivity index (χ0v) is 24.0. The molecule has 220 valence electrons. The zero-order chi connectivity index (χ0) is 31.0. The predicted octanol–water partition coefficient (Wildman–Crippen LogP) is 9.75. The Morgan fingerprint density at radius 3 is 2.02 bits per heavy atom. The Balaban J connectivity index is 1.55. The number of halogens is 8. The molecule has 0 aliphatic heterocycles. The predicted molar refractivity (Wildman–Crippen MR) is 148 cm³/mol. The van der Waals surface area contributed by atoms with Gasteiger partial charge in [0.15, 0.2) is 11.6 Å². The van der Waals surface area contributed by atoms with Crippen molar-refractivity contribution in [3.05, 3.63) is 108 Å². The lowest BCUT2D eigenvalue weighted by molar-refractivity contribution is -0.384. The average Bonchev–Trinajstić information content (AvgIpc) is 2.89. The van der Waals surface area contributed by atoms with Gasteiger partial charge in [-0.3, -0.25) is 14.8 Å². The molecule has 4 aromatic carbocycles. The highest BCUT2D eigenvalue weighted by Gasteiger charge is 2.31. The molecule has 0 fully saturated rings. The number of nitro benzene ring substituents is 1. The number of benzene rings is 4. The number of non-ortho nitro benzene ring substituents is 1. The van der Waals surface area contributed by atoms with Crippen LogP contribution in [0.3, 0.4) is 0 Å². The Morgan fingerprint density at radius 2 is 1.45 bits per heavy atom. The number of alkyl halides is 3. The van der Waals surface area contributed by atoms with E-state index in [-0.39, 0.29) is 43.0 Å². The maximum Gasteiger partial charge on any atom is 0.416 e. The molecule has 1 N–H and O–H groups in total. The Bertz CT molecular complexity index is 1800. The third-order valence-electron chi connectivity index (χ3n) is 5.29. The average molecular weight is 686 g/mol. The molecule has 42 heavy (non-hydrogen) atoms. The van der Waals surface area contributed by atoms with Gasteiger partial charge in [-0.1, -0.05) is 46.4 Å². The number of nitrogens with zero attached hydrogens (tertiary/aromatic N) is 1. The van der Waals surface area contributed by atoms with E-state index in [1.54, 1.807) is 0 Å². The Hall–Kier alpha value is -3.49. The summed E-state index contributed by atoms with van der Waals surface area (Å²) in [6.07, 6.45) is -4.68. The molecule has 0 aliphatic rings. The van der Waals surface area contributed by atoms with Gasteiger partial charge in [-0.05, 0) is 48.5 Å². The first-order chi connectivity index (χ1) is 19.5. The van der Waals surface area contributed by atoms with Crippen LogP contribution in [0.25, 0.3) is 0 Å². The minimum atomic E-state index is -4.68. The third-order valence-corrected chi connectivity index (χ3v) is 7.81. The van der Waals surface area contributed by atoms with Crippen LogP contribution in [0.5, 0.6) is 23.0 Å². The van der Waals surface area contributed by atoms with Gasteiger partial charge in [0.1, 0.15) is 17.2 Å². The fraction of sp³-hybridized carbons (Fsp3) is 0.0400. The summed E-state index contributed by atoms with van der Waals surface area (Å²) in [5.74, 6) is -2.08. The van der Waals surface area contributed by atoms with E-state index >= 15 is 0 Å². The van der Waals surface area contributed by atoms with E-state index in [9.17, 15) is 36.1 Å². The number of ether oxygens (including phenoxy) is 2. The van der Waals surface area contributed by atoms with Crippen LogP contribution in [0, 0.1) is 15.9 Å². The lowest BCUT2D eigenvalue weighted by Gasteiger charge is -2.15. The van der Waals surface area contributed by atoms with Crippen LogP contribution in [-0.2, 0) is 16.2 Å².